The van der Waals surface area contributed by atoms with Gasteiger partial charge in [0, 0.05) is 48.6 Å². The smallest absolute Gasteiger partial charge is 0.230 e. The summed E-state index contributed by atoms with van der Waals surface area (Å²) < 4.78 is 0. The number of benzene rings is 1. The van der Waals surface area contributed by atoms with Gasteiger partial charge in [-0.15, -0.1) is 0 Å². The number of amides is 1. The van der Waals surface area contributed by atoms with Gasteiger partial charge < -0.3 is 15.3 Å². The monoisotopic (exact) mass is 445 g/mol. The summed E-state index contributed by atoms with van der Waals surface area (Å²) in [5.41, 5.74) is 3.62. The van der Waals surface area contributed by atoms with Crippen molar-refractivity contribution < 1.29 is 9.90 Å². The van der Waals surface area contributed by atoms with Crippen LogP contribution in [0.1, 0.15) is 55.0 Å². The number of aromatic amines is 1. The summed E-state index contributed by atoms with van der Waals surface area (Å²) in [6, 6.07) is 12.2. The molecule has 7 heteroatoms. The van der Waals surface area contributed by atoms with Crippen LogP contribution < -0.4 is 5.32 Å². The summed E-state index contributed by atoms with van der Waals surface area (Å²) in [5.74, 6) is 0.260. The fraction of sp³-hybridized carbons (Fsp3) is 0.423. The maximum atomic E-state index is 12.4. The number of nitrogens with zero attached hydrogens (tertiary/aromatic N) is 3. The molecule has 1 aromatic carbocycles. The molecular formula is C26H31N5O2. The van der Waals surface area contributed by atoms with Crippen LogP contribution in [0.25, 0.3) is 11.3 Å². The van der Waals surface area contributed by atoms with Crippen LogP contribution in [-0.2, 0) is 10.4 Å². The van der Waals surface area contributed by atoms with Crippen LogP contribution >= 0.6 is 0 Å². The normalized spacial score (nSPS) is 21.8. The van der Waals surface area contributed by atoms with Crippen molar-refractivity contribution in [3.05, 3.63) is 71.2 Å². The Morgan fingerprint density at radius 3 is 2.45 bits per heavy atom. The lowest BCUT2D eigenvalue weighted by Gasteiger charge is -2.55. The average molecular weight is 446 g/mol. The van der Waals surface area contributed by atoms with Crippen molar-refractivity contribution in [2.24, 2.45) is 5.41 Å². The van der Waals surface area contributed by atoms with E-state index in [1.54, 1.807) is 12.4 Å². The second kappa shape index (κ2) is 7.78. The maximum absolute atomic E-state index is 12.4. The lowest BCUT2D eigenvalue weighted by atomic mass is 9.62. The zero-order valence-corrected chi connectivity index (χ0v) is 19.6. The number of pyridine rings is 1. The molecule has 3 N–H and O–H groups in total. The number of carbonyl (C=O) groups is 1. The van der Waals surface area contributed by atoms with Gasteiger partial charge >= 0.3 is 0 Å². The standard InChI is InChI=1S/C26H31N5O2/c1-16(2)17-5-7-19(8-6-17)26(33,25(3)14-31(4)15-25)20-9-18(11-27-12-20)22-10-23(30-29-22)21-13-28-24(21)32/h5-12,16,21,33H,13-15H2,1-4H3,(H,28,32)(H,29,30)/t21-,26-/m0/s1. The molecule has 2 atom stereocenters. The Balaban J connectivity index is 1.56. The minimum absolute atomic E-state index is 0.0123. The quantitative estimate of drug-likeness (QED) is 0.507. The summed E-state index contributed by atoms with van der Waals surface area (Å²) in [6.07, 6.45) is 3.51. The molecule has 2 aliphatic heterocycles. The number of β-lactam (4-membered cyclic amide) rings is 1. The number of aliphatic hydroxyl groups is 1. The lowest BCUT2D eigenvalue weighted by Crippen LogP contribution is -2.63. The Morgan fingerprint density at radius 1 is 1.15 bits per heavy atom. The van der Waals surface area contributed by atoms with Crippen molar-refractivity contribution in [2.45, 2.75) is 38.2 Å². The van der Waals surface area contributed by atoms with E-state index in [0.29, 0.717) is 18.2 Å². The first kappa shape index (κ1) is 21.8. The number of likely N-dealkylation sites (tertiary alicyclic amines) is 1. The van der Waals surface area contributed by atoms with Gasteiger partial charge in [0.1, 0.15) is 5.60 Å². The number of carbonyl (C=O) groups excluding carboxylic acids is 1. The van der Waals surface area contributed by atoms with E-state index in [0.717, 1.165) is 35.5 Å². The Kier molecular flexibility index (Phi) is 5.14. The molecule has 0 radical (unpaired) electrons. The molecule has 1 amide bonds. The van der Waals surface area contributed by atoms with E-state index in [1.807, 2.05) is 24.3 Å². The highest BCUT2D eigenvalue weighted by atomic mass is 16.3. The van der Waals surface area contributed by atoms with Crippen LogP contribution in [0, 0.1) is 5.41 Å². The Morgan fingerprint density at radius 2 is 1.88 bits per heavy atom. The molecule has 33 heavy (non-hydrogen) atoms. The van der Waals surface area contributed by atoms with Crippen molar-refractivity contribution in [3.8, 4) is 11.3 Å². The summed E-state index contributed by atoms with van der Waals surface area (Å²) in [6.45, 7) is 8.66. The second-order valence-electron chi connectivity index (χ2n) is 10.2. The third kappa shape index (κ3) is 3.47. The van der Waals surface area contributed by atoms with Gasteiger partial charge in [-0.25, -0.2) is 0 Å². The van der Waals surface area contributed by atoms with E-state index in [4.69, 9.17) is 0 Å². The molecule has 2 aromatic heterocycles. The largest absolute Gasteiger partial charge is 0.380 e. The number of hydrogen-bond acceptors (Lipinski definition) is 5. The SMILES string of the molecule is CC(C)c1ccc([C@](O)(c2cncc(-c3cc([C@@H]4CNC4=O)[nH]n3)c2)C2(C)CN(C)C2)cc1. The van der Waals surface area contributed by atoms with Gasteiger partial charge in [-0.1, -0.05) is 45.0 Å². The molecule has 0 spiro atoms. The topological polar surface area (TPSA) is 94.1 Å². The number of nitrogens with one attached hydrogen (secondary N) is 2. The summed E-state index contributed by atoms with van der Waals surface area (Å²) in [4.78, 5) is 18.5. The Bertz CT molecular complexity index is 1180. The molecule has 3 aromatic rings. The molecule has 2 saturated heterocycles. The van der Waals surface area contributed by atoms with Gasteiger partial charge in [-0.3, -0.25) is 14.9 Å². The minimum Gasteiger partial charge on any atom is -0.380 e. The zero-order valence-electron chi connectivity index (χ0n) is 19.6. The first-order valence-corrected chi connectivity index (χ1v) is 11.5. The molecule has 172 valence electrons. The fourth-order valence-electron chi connectivity index (χ4n) is 5.33. The third-order valence-electron chi connectivity index (χ3n) is 7.33. The van der Waals surface area contributed by atoms with Crippen LogP contribution in [0.4, 0.5) is 0 Å². The van der Waals surface area contributed by atoms with Gasteiger partial charge in [0.15, 0.2) is 0 Å². The van der Waals surface area contributed by atoms with Crippen molar-refractivity contribution >= 4 is 5.91 Å². The first-order chi connectivity index (χ1) is 15.7. The van der Waals surface area contributed by atoms with Crippen molar-refractivity contribution in [2.75, 3.05) is 26.7 Å². The molecule has 2 fully saturated rings. The van der Waals surface area contributed by atoms with Crippen LogP contribution in [0.15, 0.2) is 48.8 Å². The maximum Gasteiger partial charge on any atom is 0.230 e. The molecule has 0 unspecified atom stereocenters. The summed E-state index contributed by atoms with van der Waals surface area (Å²) in [5, 5.41) is 22.6. The number of aromatic nitrogens is 3. The molecule has 5 rings (SSSR count). The van der Waals surface area contributed by atoms with Gasteiger partial charge in [-0.2, -0.15) is 5.10 Å². The lowest BCUT2D eigenvalue weighted by molar-refractivity contribution is -0.127. The molecule has 0 bridgehead atoms. The predicted molar refractivity (Wildman–Crippen MR) is 127 cm³/mol. The average Bonchev–Trinajstić information content (AvgIpc) is 3.25. The number of rotatable bonds is 6. The van der Waals surface area contributed by atoms with Crippen molar-refractivity contribution in [3.63, 3.8) is 0 Å². The van der Waals surface area contributed by atoms with Gasteiger partial charge in [0.25, 0.3) is 0 Å². The van der Waals surface area contributed by atoms with E-state index in [1.165, 1.54) is 5.56 Å². The number of hydrogen-bond donors (Lipinski definition) is 3. The molecule has 0 saturated carbocycles. The van der Waals surface area contributed by atoms with Crippen LogP contribution in [0.2, 0.25) is 0 Å². The van der Waals surface area contributed by atoms with Crippen LogP contribution in [0.5, 0.6) is 0 Å². The van der Waals surface area contributed by atoms with Gasteiger partial charge in [-0.05, 0) is 36.2 Å². The van der Waals surface area contributed by atoms with Crippen LogP contribution in [0.3, 0.4) is 0 Å². The molecule has 2 aliphatic rings. The highest BCUT2D eigenvalue weighted by Gasteiger charge is 2.55. The second-order valence-corrected chi connectivity index (χ2v) is 10.2. The molecular weight excluding hydrogens is 414 g/mol. The summed E-state index contributed by atoms with van der Waals surface area (Å²) in [7, 11) is 2.07. The molecule has 4 heterocycles. The summed E-state index contributed by atoms with van der Waals surface area (Å²) >= 11 is 0. The van der Waals surface area contributed by atoms with E-state index in [9.17, 15) is 9.90 Å². The van der Waals surface area contributed by atoms with Crippen LogP contribution in [-0.4, -0.2) is 57.8 Å². The number of H-pyrrole nitrogens is 1. The van der Waals surface area contributed by atoms with E-state index < -0.39 is 5.60 Å². The zero-order chi connectivity index (χ0) is 23.4. The predicted octanol–water partition coefficient (Wildman–Crippen LogP) is 3.00. The van der Waals surface area contributed by atoms with E-state index in [-0.39, 0.29) is 17.2 Å². The van der Waals surface area contributed by atoms with Crippen molar-refractivity contribution in [1.82, 2.24) is 25.4 Å². The first-order valence-electron chi connectivity index (χ1n) is 11.5. The Labute approximate surface area is 194 Å². The van der Waals surface area contributed by atoms with Gasteiger partial charge in [0.2, 0.25) is 5.91 Å². The highest BCUT2D eigenvalue weighted by molar-refractivity contribution is 5.89. The molecule has 0 aliphatic carbocycles. The van der Waals surface area contributed by atoms with E-state index >= 15 is 0 Å². The van der Waals surface area contributed by atoms with E-state index in [2.05, 4.69) is 65.3 Å². The highest BCUT2D eigenvalue weighted by Crippen LogP contribution is 2.50. The fourth-order valence-corrected chi connectivity index (χ4v) is 5.33. The van der Waals surface area contributed by atoms with Gasteiger partial charge in [0.05, 0.1) is 17.3 Å². The van der Waals surface area contributed by atoms with Crippen molar-refractivity contribution in [1.29, 1.82) is 0 Å². The molecule has 7 nitrogen and oxygen atoms in total. The minimum atomic E-state index is -1.20. The third-order valence-corrected chi connectivity index (χ3v) is 7.33. The Hall–Kier alpha value is -3.03.